The first-order valence-electron chi connectivity index (χ1n) is 6.87. The van der Waals surface area contributed by atoms with Crippen molar-refractivity contribution in [2.24, 2.45) is 0 Å². The van der Waals surface area contributed by atoms with Gasteiger partial charge >= 0.3 is 0 Å². The van der Waals surface area contributed by atoms with Crippen LogP contribution in [0, 0.1) is 11.6 Å². The fraction of sp³-hybridized carbons (Fsp3) is 0.571. The molecule has 2 atom stereocenters. The first-order chi connectivity index (χ1) is 9.45. The minimum Gasteiger partial charge on any atom is -0.314 e. The van der Waals surface area contributed by atoms with Crippen molar-refractivity contribution in [1.29, 1.82) is 0 Å². The smallest absolute Gasteiger partial charge is 0.184 e. The zero-order valence-corrected chi connectivity index (χ0v) is 12.2. The molecule has 2 unspecified atom stereocenters. The second kappa shape index (κ2) is 6.18. The topological polar surface area (TPSA) is 46.2 Å². The Morgan fingerprint density at radius 3 is 2.70 bits per heavy atom. The molecule has 6 heteroatoms. The minimum atomic E-state index is -3.73. The lowest BCUT2D eigenvalue weighted by Gasteiger charge is -2.14. The molecule has 1 fully saturated rings. The highest BCUT2D eigenvalue weighted by molar-refractivity contribution is 7.92. The maximum Gasteiger partial charge on any atom is 0.184 e. The van der Waals surface area contributed by atoms with E-state index < -0.39 is 26.7 Å². The number of sulfone groups is 1. The van der Waals surface area contributed by atoms with Gasteiger partial charge in [-0.1, -0.05) is 6.92 Å². The van der Waals surface area contributed by atoms with Crippen molar-refractivity contribution in [3.05, 3.63) is 29.8 Å². The van der Waals surface area contributed by atoms with Crippen molar-refractivity contribution in [3.63, 3.8) is 0 Å². The molecular weight excluding hydrogens is 284 g/mol. The molecule has 1 saturated carbocycles. The van der Waals surface area contributed by atoms with E-state index in [1.165, 1.54) is 0 Å². The lowest BCUT2D eigenvalue weighted by Crippen LogP contribution is -2.29. The van der Waals surface area contributed by atoms with Crippen molar-refractivity contribution < 1.29 is 17.2 Å². The Kier molecular flexibility index (Phi) is 4.75. The van der Waals surface area contributed by atoms with Gasteiger partial charge in [0.25, 0.3) is 0 Å². The average molecular weight is 303 g/mol. The number of hydrogen-bond donors (Lipinski definition) is 1. The molecule has 3 nitrogen and oxygen atoms in total. The number of rotatable bonds is 5. The largest absolute Gasteiger partial charge is 0.314 e. The Morgan fingerprint density at radius 2 is 2.05 bits per heavy atom. The van der Waals surface area contributed by atoms with Crippen LogP contribution in [0.3, 0.4) is 0 Å². The SMILES string of the molecule is CCCNC1CCC(S(=O)(=O)c2ccc(F)cc2F)C1. The number of hydrogen-bond acceptors (Lipinski definition) is 3. The fourth-order valence-electron chi connectivity index (χ4n) is 2.64. The van der Waals surface area contributed by atoms with Crippen LogP contribution in [0.2, 0.25) is 0 Å². The van der Waals surface area contributed by atoms with E-state index in [0.717, 1.165) is 31.5 Å². The van der Waals surface area contributed by atoms with Gasteiger partial charge in [-0.3, -0.25) is 0 Å². The molecule has 0 radical (unpaired) electrons. The number of halogens is 2. The van der Waals surface area contributed by atoms with Crippen LogP contribution in [0.5, 0.6) is 0 Å². The molecule has 112 valence electrons. The molecule has 0 aliphatic heterocycles. The summed E-state index contributed by atoms with van der Waals surface area (Å²) in [7, 11) is -3.73. The Labute approximate surface area is 118 Å². The minimum absolute atomic E-state index is 0.165. The van der Waals surface area contributed by atoms with Crippen molar-refractivity contribution in [2.75, 3.05) is 6.54 Å². The summed E-state index contributed by atoms with van der Waals surface area (Å²) in [4.78, 5) is -0.389. The second-order valence-corrected chi connectivity index (χ2v) is 7.40. The van der Waals surface area contributed by atoms with E-state index in [1.807, 2.05) is 6.92 Å². The third kappa shape index (κ3) is 3.17. The molecule has 0 saturated heterocycles. The first kappa shape index (κ1) is 15.4. The van der Waals surface area contributed by atoms with Crippen LogP contribution in [0.25, 0.3) is 0 Å². The highest BCUT2D eigenvalue weighted by atomic mass is 32.2. The van der Waals surface area contributed by atoms with Gasteiger partial charge in [0.2, 0.25) is 0 Å². The summed E-state index contributed by atoms with van der Waals surface area (Å²) in [6, 6.07) is 2.79. The lowest BCUT2D eigenvalue weighted by atomic mass is 10.2. The van der Waals surface area contributed by atoms with E-state index >= 15 is 0 Å². The van der Waals surface area contributed by atoms with Gasteiger partial charge in [0.05, 0.1) is 5.25 Å². The van der Waals surface area contributed by atoms with Crippen molar-refractivity contribution in [2.45, 2.75) is 48.8 Å². The van der Waals surface area contributed by atoms with Crippen LogP contribution < -0.4 is 5.32 Å². The Hall–Kier alpha value is -1.01. The third-order valence-electron chi connectivity index (χ3n) is 3.71. The molecule has 1 N–H and O–H groups in total. The summed E-state index contributed by atoms with van der Waals surface area (Å²) in [5, 5.41) is 2.70. The Morgan fingerprint density at radius 1 is 1.30 bits per heavy atom. The maximum atomic E-state index is 13.7. The van der Waals surface area contributed by atoms with E-state index in [1.54, 1.807) is 0 Å². The summed E-state index contributed by atoms with van der Waals surface area (Å²) in [6.07, 6.45) is 2.76. The second-order valence-electron chi connectivity index (χ2n) is 5.21. The molecule has 2 rings (SSSR count). The van der Waals surface area contributed by atoms with Crippen molar-refractivity contribution in [3.8, 4) is 0 Å². The average Bonchev–Trinajstić information content (AvgIpc) is 2.85. The molecule has 1 aliphatic rings. The highest BCUT2D eigenvalue weighted by Gasteiger charge is 2.36. The van der Waals surface area contributed by atoms with Gasteiger partial charge in [0.15, 0.2) is 9.84 Å². The van der Waals surface area contributed by atoms with Crippen LogP contribution in [-0.4, -0.2) is 26.3 Å². The van der Waals surface area contributed by atoms with E-state index in [-0.39, 0.29) is 10.9 Å². The van der Waals surface area contributed by atoms with Crippen molar-refractivity contribution >= 4 is 9.84 Å². The summed E-state index contributed by atoms with van der Waals surface area (Å²) >= 11 is 0. The molecule has 1 aliphatic carbocycles. The van der Waals surface area contributed by atoms with Gasteiger partial charge in [-0.2, -0.15) is 0 Å². The zero-order chi connectivity index (χ0) is 14.8. The van der Waals surface area contributed by atoms with Crippen molar-refractivity contribution in [1.82, 2.24) is 5.32 Å². The first-order valence-corrected chi connectivity index (χ1v) is 8.42. The van der Waals surface area contributed by atoms with Gasteiger partial charge < -0.3 is 5.32 Å². The molecular formula is C14H19F2NO2S. The van der Waals surface area contributed by atoms with Gasteiger partial charge in [-0.15, -0.1) is 0 Å². The lowest BCUT2D eigenvalue weighted by molar-refractivity contribution is 0.518. The standard InChI is InChI=1S/C14H19F2NO2S/c1-2-7-17-11-4-5-12(9-11)20(18,19)14-6-3-10(15)8-13(14)16/h3,6,8,11-12,17H,2,4-5,7,9H2,1H3. The highest BCUT2D eigenvalue weighted by Crippen LogP contribution is 2.31. The van der Waals surface area contributed by atoms with Gasteiger partial charge in [0, 0.05) is 12.1 Å². The van der Waals surface area contributed by atoms with E-state index in [0.29, 0.717) is 18.9 Å². The molecule has 0 amide bonds. The quantitative estimate of drug-likeness (QED) is 0.851. The summed E-state index contributed by atoms with van der Waals surface area (Å²) in [6.45, 7) is 2.90. The van der Waals surface area contributed by atoms with E-state index in [2.05, 4.69) is 5.32 Å². The molecule has 0 heterocycles. The van der Waals surface area contributed by atoms with Gasteiger partial charge in [0.1, 0.15) is 16.5 Å². The van der Waals surface area contributed by atoms with Gasteiger partial charge in [-0.05, 0) is 44.4 Å². The summed E-state index contributed by atoms with van der Waals surface area (Å²) in [5.74, 6) is -1.77. The molecule has 0 aromatic heterocycles. The van der Waals surface area contributed by atoms with E-state index in [4.69, 9.17) is 0 Å². The molecule has 0 bridgehead atoms. The van der Waals surface area contributed by atoms with Crippen LogP contribution in [0.4, 0.5) is 8.78 Å². The summed E-state index contributed by atoms with van der Waals surface area (Å²) in [5.41, 5.74) is 0. The predicted octanol–water partition coefficient (Wildman–Crippen LogP) is 2.66. The molecule has 1 aromatic rings. The number of nitrogens with one attached hydrogen (secondary N) is 1. The predicted molar refractivity (Wildman–Crippen MR) is 73.3 cm³/mol. The summed E-state index contributed by atoms with van der Waals surface area (Å²) < 4.78 is 51.3. The third-order valence-corrected chi connectivity index (χ3v) is 5.96. The zero-order valence-electron chi connectivity index (χ0n) is 11.4. The maximum absolute atomic E-state index is 13.7. The van der Waals surface area contributed by atoms with Crippen LogP contribution in [-0.2, 0) is 9.84 Å². The van der Waals surface area contributed by atoms with Crippen LogP contribution in [0.15, 0.2) is 23.1 Å². The van der Waals surface area contributed by atoms with Crippen LogP contribution in [0.1, 0.15) is 32.6 Å². The Balaban J connectivity index is 2.15. The molecule has 0 spiro atoms. The van der Waals surface area contributed by atoms with E-state index in [9.17, 15) is 17.2 Å². The van der Waals surface area contributed by atoms with Gasteiger partial charge in [-0.25, -0.2) is 17.2 Å². The molecule has 1 aromatic carbocycles. The monoisotopic (exact) mass is 303 g/mol. The number of benzene rings is 1. The Bertz CT molecular complexity index is 575. The molecule has 20 heavy (non-hydrogen) atoms. The van der Waals surface area contributed by atoms with Crippen LogP contribution >= 0.6 is 0 Å². The fourth-order valence-corrected chi connectivity index (χ4v) is 4.52. The normalized spacial score (nSPS) is 23.1.